The molecule has 0 bridgehead atoms. The van der Waals surface area contributed by atoms with Gasteiger partial charge in [-0.1, -0.05) is 36.8 Å². The molecule has 0 saturated carbocycles. The highest BCUT2D eigenvalue weighted by Gasteiger charge is 2.09. The summed E-state index contributed by atoms with van der Waals surface area (Å²) in [6, 6.07) is 8.61. The maximum absolute atomic E-state index is 11.9. The van der Waals surface area contributed by atoms with Crippen molar-refractivity contribution in [3.05, 3.63) is 35.4 Å². The number of hydrogen-bond donors (Lipinski definition) is 1. The fourth-order valence-corrected chi connectivity index (χ4v) is 3.20. The van der Waals surface area contributed by atoms with Crippen molar-refractivity contribution in [1.82, 2.24) is 5.32 Å². The number of benzene rings is 1. The summed E-state index contributed by atoms with van der Waals surface area (Å²) >= 11 is 0. The molecule has 1 rings (SSSR count). The summed E-state index contributed by atoms with van der Waals surface area (Å²) in [7, 11) is 1.16. The lowest BCUT2D eigenvalue weighted by molar-refractivity contribution is 0.590. The summed E-state index contributed by atoms with van der Waals surface area (Å²) in [5, 5.41) is 3.19. The molecule has 2 nitrogen and oxygen atoms in total. The summed E-state index contributed by atoms with van der Waals surface area (Å²) in [6.07, 6.45) is 1.02. The first kappa shape index (κ1) is 13.4. The van der Waals surface area contributed by atoms with E-state index in [9.17, 15) is 4.21 Å². The van der Waals surface area contributed by atoms with Crippen molar-refractivity contribution in [1.29, 1.82) is 0 Å². The van der Waals surface area contributed by atoms with Crippen LogP contribution in [0.5, 0.6) is 0 Å². The second kappa shape index (κ2) is 6.81. The van der Waals surface area contributed by atoms with Crippen molar-refractivity contribution in [2.45, 2.75) is 32.1 Å². The minimum Gasteiger partial charge on any atom is -0.316 e. The van der Waals surface area contributed by atoms with Crippen molar-refractivity contribution in [3.63, 3.8) is 0 Å². The largest absolute Gasteiger partial charge is 0.316 e. The molecule has 1 aromatic carbocycles. The average molecular weight is 239 g/mol. The van der Waals surface area contributed by atoms with Crippen LogP contribution in [0.4, 0.5) is 0 Å². The van der Waals surface area contributed by atoms with Crippen LogP contribution in [-0.4, -0.2) is 23.1 Å². The van der Waals surface area contributed by atoms with Crippen LogP contribution in [0, 0.1) is 6.92 Å². The minimum absolute atomic E-state index is 0.366. The predicted octanol–water partition coefficient (Wildman–Crippen LogP) is 2.24. The molecule has 0 aliphatic rings. The van der Waals surface area contributed by atoms with Crippen LogP contribution in [0.15, 0.2) is 24.3 Å². The van der Waals surface area contributed by atoms with Gasteiger partial charge in [-0.25, -0.2) is 0 Å². The number of aryl methyl sites for hydroxylation is 1. The molecule has 0 heterocycles. The van der Waals surface area contributed by atoms with Crippen LogP contribution in [0.1, 0.15) is 24.5 Å². The lowest BCUT2D eigenvalue weighted by Gasteiger charge is -2.13. The van der Waals surface area contributed by atoms with Gasteiger partial charge in [-0.3, -0.25) is 4.21 Å². The topological polar surface area (TPSA) is 29.1 Å². The molecule has 0 aromatic heterocycles. The van der Waals surface area contributed by atoms with Crippen molar-refractivity contribution in [2.24, 2.45) is 0 Å². The quantitative estimate of drug-likeness (QED) is 0.825. The summed E-state index contributed by atoms with van der Waals surface area (Å²) in [5.74, 6) is 1.40. The Morgan fingerprint density at radius 3 is 2.75 bits per heavy atom. The van der Waals surface area contributed by atoms with Crippen molar-refractivity contribution in [3.8, 4) is 0 Å². The number of nitrogens with one attached hydrogen (secondary N) is 1. The maximum Gasteiger partial charge on any atom is 0.0486 e. The third-order valence-electron chi connectivity index (χ3n) is 2.70. The highest BCUT2D eigenvalue weighted by atomic mass is 32.2. The van der Waals surface area contributed by atoms with Crippen LogP contribution in [0.25, 0.3) is 0 Å². The third-order valence-corrected chi connectivity index (χ3v) is 4.13. The van der Waals surface area contributed by atoms with Gasteiger partial charge in [-0.2, -0.15) is 0 Å². The lowest BCUT2D eigenvalue weighted by atomic mass is 10.2. The molecule has 0 aliphatic carbocycles. The van der Waals surface area contributed by atoms with Crippen LogP contribution in [0.2, 0.25) is 0 Å². The van der Waals surface area contributed by atoms with Gasteiger partial charge < -0.3 is 5.32 Å². The Morgan fingerprint density at radius 2 is 2.19 bits per heavy atom. The summed E-state index contributed by atoms with van der Waals surface area (Å²) in [6.45, 7) is 4.18. The summed E-state index contributed by atoms with van der Waals surface area (Å²) in [4.78, 5) is 0. The molecule has 2 unspecified atom stereocenters. The summed E-state index contributed by atoms with van der Waals surface area (Å²) in [5.41, 5.74) is 2.40. The fraction of sp³-hybridized carbons (Fsp3) is 0.538. The Hall–Kier alpha value is -0.670. The van der Waals surface area contributed by atoms with Gasteiger partial charge in [-0.05, 0) is 26.0 Å². The molecule has 0 amide bonds. The van der Waals surface area contributed by atoms with Gasteiger partial charge in [0.25, 0.3) is 0 Å². The highest BCUT2D eigenvalue weighted by Crippen LogP contribution is 2.08. The van der Waals surface area contributed by atoms with Crippen molar-refractivity contribution in [2.75, 3.05) is 12.8 Å². The highest BCUT2D eigenvalue weighted by molar-refractivity contribution is 7.84. The Balaban J connectivity index is 2.51. The van der Waals surface area contributed by atoms with E-state index < -0.39 is 10.8 Å². The molecule has 16 heavy (non-hydrogen) atoms. The van der Waals surface area contributed by atoms with E-state index in [0.717, 1.165) is 12.2 Å². The number of hydrogen-bond acceptors (Lipinski definition) is 2. The predicted molar refractivity (Wildman–Crippen MR) is 71.0 cm³/mol. The van der Waals surface area contributed by atoms with E-state index in [1.807, 2.05) is 19.2 Å². The Kier molecular flexibility index (Phi) is 5.71. The lowest BCUT2D eigenvalue weighted by Crippen LogP contribution is -2.30. The van der Waals surface area contributed by atoms with Crippen LogP contribution < -0.4 is 5.32 Å². The van der Waals surface area contributed by atoms with Crippen molar-refractivity contribution >= 4 is 10.8 Å². The van der Waals surface area contributed by atoms with E-state index >= 15 is 0 Å². The smallest absolute Gasteiger partial charge is 0.0486 e. The fourth-order valence-electron chi connectivity index (χ4n) is 1.68. The van der Waals surface area contributed by atoms with Gasteiger partial charge in [0.2, 0.25) is 0 Å². The second-order valence-corrected chi connectivity index (χ2v) is 5.64. The first-order valence-electron chi connectivity index (χ1n) is 5.73. The molecule has 1 aromatic rings. The monoisotopic (exact) mass is 239 g/mol. The van der Waals surface area contributed by atoms with Gasteiger partial charge in [0.15, 0.2) is 0 Å². The van der Waals surface area contributed by atoms with Crippen LogP contribution in [-0.2, 0) is 16.6 Å². The zero-order valence-electron chi connectivity index (χ0n) is 10.3. The standard InChI is InChI=1S/C13H21NOS/c1-4-13(14-3)10-16(15)9-12-7-5-6-11(2)8-12/h5-8,13-14H,4,9-10H2,1-3H3. The van der Waals surface area contributed by atoms with Gasteiger partial charge in [0, 0.05) is 28.3 Å². The Labute approximate surface area is 101 Å². The van der Waals surface area contributed by atoms with E-state index in [2.05, 4.69) is 31.3 Å². The normalized spacial score (nSPS) is 14.7. The Bertz CT molecular complexity index is 348. The van der Waals surface area contributed by atoms with E-state index in [1.54, 1.807) is 0 Å². The molecule has 0 fully saturated rings. The van der Waals surface area contributed by atoms with Crippen molar-refractivity contribution < 1.29 is 4.21 Å². The van der Waals surface area contributed by atoms with E-state index in [0.29, 0.717) is 11.8 Å². The molecular weight excluding hydrogens is 218 g/mol. The molecule has 3 heteroatoms. The van der Waals surface area contributed by atoms with E-state index in [4.69, 9.17) is 0 Å². The van der Waals surface area contributed by atoms with Crippen LogP contribution in [0.3, 0.4) is 0 Å². The van der Waals surface area contributed by atoms with E-state index in [1.165, 1.54) is 11.1 Å². The molecule has 0 spiro atoms. The van der Waals surface area contributed by atoms with Crippen LogP contribution >= 0.6 is 0 Å². The molecule has 90 valence electrons. The van der Waals surface area contributed by atoms with Gasteiger partial charge >= 0.3 is 0 Å². The zero-order chi connectivity index (χ0) is 12.0. The summed E-state index contributed by atoms with van der Waals surface area (Å²) < 4.78 is 11.9. The molecule has 1 N–H and O–H groups in total. The molecule has 0 radical (unpaired) electrons. The molecular formula is C13H21NOS. The zero-order valence-corrected chi connectivity index (χ0v) is 11.1. The first-order chi connectivity index (χ1) is 7.65. The molecule has 2 atom stereocenters. The van der Waals surface area contributed by atoms with Gasteiger partial charge in [0.05, 0.1) is 0 Å². The molecule has 0 aliphatic heterocycles. The second-order valence-electron chi connectivity index (χ2n) is 4.13. The SMILES string of the molecule is CCC(CS(=O)Cc1cccc(C)c1)NC. The van der Waals surface area contributed by atoms with Gasteiger partial charge in [0.1, 0.15) is 0 Å². The van der Waals surface area contributed by atoms with Gasteiger partial charge in [-0.15, -0.1) is 0 Å². The van der Waals surface area contributed by atoms with E-state index in [-0.39, 0.29) is 0 Å². The maximum atomic E-state index is 11.9. The Morgan fingerprint density at radius 1 is 1.44 bits per heavy atom. The number of rotatable bonds is 6. The first-order valence-corrected chi connectivity index (χ1v) is 7.22. The minimum atomic E-state index is -0.772. The third kappa shape index (κ3) is 4.45. The average Bonchev–Trinajstić information content (AvgIpc) is 2.26. The molecule has 0 saturated heterocycles.